The van der Waals surface area contributed by atoms with Crippen molar-refractivity contribution in [2.24, 2.45) is 0 Å². The van der Waals surface area contributed by atoms with E-state index in [1.807, 2.05) is 64.4 Å². The maximum Gasteiger partial charge on any atom is 0.255 e. The number of amides is 1. The standard InChI is InChI=1S/C30H29FN2O3/c1-20(28-19-35-26-16-7-8-17-27(26)36-28)32(23-13-9-10-21(31)18-23)29-24-14-5-6-15-25(24)33(30(29)34)22-11-3-2-4-12-22/h5-10,13-18,22,28-29H,1-4,11-12,19H2. The molecule has 6 rings (SSSR count). The monoisotopic (exact) mass is 484 g/mol. The molecule has 0 spiro atoms. The zero-order chi connectivity index (χ0) is 24.6. The van der Waals surface area contributed by atoms with Crippen LogP contribution in [-0.4, -0.2) is 24.7 Å². The van der Waals surface area contributed by atoms with E-state index in [0.717, 1.165) is 36.9 Å². The second kappa shape index (κ2) is 9.34. The molecule has 0 radical (unpaired) electrons. The molecule has 0 N–H and O–H groups in total. The fourth-order valence-corrected chi connectivity index (χ4v) is 5.73. The molecule has 0 bridgehead atoms. The number of fused-ring (bicyclic) bond motifs is 2. The summed E-state index contributed by atoms with van der Waals surface area (Å²) in [5.74, 6) is 0.908. The van der Waals surface area contributed by atoms with E-state index in [4.69, 9.17) is 9.47 Å². The van der Waals surface area contributed by atoms with Gasteiger partial charge in [-0.05, 0) is 49.2 Å². The smallest absolute Gasteiger partial charge is 0.255 e. The van der Waals surface area contributed by atoms with Gasteiger partial charge in [-0.3, -0.25) is 4.79 Å². The summed E-state index contributed by atoms with van der Waals surface area (Å²) in [4.78, 5) is 18.0. The van der Waals surface area contributed by atoms with Gasteiger partial charge in [0, 0.05) is 23.0 Å². The highest BCUT2D eigenvalue weighted by molar-refractivity contribution is 6.07. The molecule has 5 nitrogen and oxygen atoms in total. The Morgan fingerprint density at radius 3 is 2.50 bits per heavy atom. The van der Waals surface area contributed by atoms with Gasteiger partial charge in [0.1, 0.15) is 18.5 Å². The van der Waals surface area contributed by atoms with E-state index < -0.39 is 12.1 Å². The van der Waals surface area contributed by atoms with E-state index >= 15 is 0 Å². The number of para-hydroxylation sites is 3. The molecule has 2 atom stereocenters. The molecule has 6 heteroatoms. The van der Waals surface area contributed by atoms with E-state index in [1.54, 1.807) is 6.07 Å². The molecule has 3 aromatic carbocycles. The van der Waals surface area contributed by atoms with Gasteiger partial charge in [-0.2, -0.15) is 0 Å². The highest BCUT2D eigenvalue weighted by atomic mass is 19.1. The lowest BCUT2D eigenvalue weighted by Crippen LogP contribution is -2.46. The number of halogens is 1. The van der Waals surface area contributed by atoms with Crippen LogP contribution in [0.15, 0.2) is 85.1 Å². The second-order valence-corrected chi connectivity index (χ2v) is 9.67. The summed E-state index contributed by atoms with van der Waals surface area (Å²) in [7, 11) is 0. The molecule has 1 amide bonds. The molecule has 1 saturated carbocycles. The third-order valence-electron chi connectivity index (χ3n) is 7.44. The summed E-state index contributed by atoms with van der Waals surface area (Å²) in [5, 5.41) is 0. The minimum absolute atomic E-state index is 0.00867. The minimum atomic E-state index is -0.668. The topological polar surface area (TPSA) is 42.0 Å². The van der Waals surface area contributed by atoms with Crippen molar-refractivity contribution >= 4 is 17.3 Å². The minimum Gasteiger partial charge on any atom is -0.485 e. The van der Waals surface area contributed by atoms with Crippen LogP contribution in [-0.2, 0) is 4.79 Å². The van der Waals surface area contributed by atoms with Gasteiger partial charge in [-0.25, -0.2) is 4.39 Å². The van der Waals surface area contributed by atoms with Gasteiger partial charge in [0.15, 0.2) is 17.6 Å². The van der Waals surface area contributed by atoms with Crippen LogP contribution in [0.3, 0.4) is 0 Å². The Labute approximate surface area is 210 Å². The van der Waals surface area contributed by atoms with Crippen molar-refractivity contribution in [1.82, 2.24) is 0 Å². The van der Waals surface area contributed by atoms with Crippen LogP contribution in [0, 0.1) is 5.82 Å². The van der Waals surface area contributed by atoms with Gasteiger partial charge >= 0.3 is 0 Å². The van der Waals surface area contributed by atoms with Gasteiger partial charge < -0.3 is 19.3 Å². The highest BCUT2D eigenvalue weighted by Gasteiger charge is 2.46. The van der Waals surface area contributed by atoms with Crippen LogP contribution < -0.4 is 19.3 Å². The average molecular weight is 485 g/mol. The number of rotatable bonds is 5. The lowest BCUT2D eigenvalue weighted by atomic mass is 9.94. The van der Waals surface area contributed by atoms with Crippen LogP contribution in [0.25, 0.3) is 0 Å². The van der Waals surface area contributed by atoms with Crippen LogP contribution in [0.4, 0.5) is 15.8 Å². The Morgan fingerprint density at radius 1 is 0.944 bits per heavy atom. The first-order valence-corrected chi connectivity index (χ1v) is 12.7. The van der Waals surface area contributed by atoms with Gasteiger partial charge in [-0.15, -0.1) is 0 Å². The van der Waals surface area contributed by atoms with Gasteiger partial charge in [0.2, 0.25) is 0 Å². The number of nitrogens with zero attached hydrogens (tertiary/aromatic N) is 2. The fourth-order valence-electron chi connectivity index (χ4n) is 5.73. The largest absolute Gasteiger partial charge is 0.485 e. The molecule has 2 heterocycles. The number of ether oxygens (including phenoxy) is 2. The summed E-state index contributed by atoms with van der Waals surface area (Å²) in [6.45, 7) is 4.62. The number of carbonyl (C=O) groups excluding carboxylic acids is 1. The lowest BCUT2D eigenvalue weighted by molar-refractivity contribution is -0.119. The van der Waals surface area contributed by atoms with Crippen LogP contribution in [0.2, 0.25) is 0 Å². The normalized spacial score (nSPS) is 21.2. The highest BCUT2D eigenvalue weighted by Crippen LogP contribution is 2.46. The van der Waals surface area contributed by atoms with Crippen LogP contribution in [0.5, 0.6) is 11.5 Å². The van der Waals surface area contributed by atoms with Crippen molar-refractivity contribution in [1.29, 1.82) is 0 Å². The molecule has 36 heavy (non-hydrogen) atoms. The molecule has 2 aliphatic heterocycles. The quantitative estimate of drug-likeness (QED) is 0.420. The van der Waals surface area contributed by atoms with Crippen molar-refractivity contribution < 1.29 is 18.7 Å². The number of carbonyl (C=O) groups is 1. The Hall–Kier alpha value is -3.80. The summed E-state index contributed by atoms with van der Waals surface area (Å²) in [6.07, 6.45) is 4.89. The van der Waals surface area contributed by atoms with Crippen molar-refractivity contribution in [2.75, 3.05) is 16.4 Å². The lowest BCUT2D eigenvalue weighted by Gasteiger charge is -2.38. The molecule has 0 saturated heterocycles. The third-order valence-corrected chi connectivity index (χ3v) is 7.44. The van der Waals surface area contributed by atoms with Crippen molar-refractivity contribution in [2.45, 2.75) is 50.3 Å². The summed E-state index contributed by atoms with van der Waals surface area (Å²) in [5.41, 5.74) is 2.94. The number of hydrogen-bond donors (Lipinski definition) is 0. The van der Waals surface area contributed by atoms with E-state index in [1.165, 1.54) is 18.6 Å². The summed E-state index contributed by atoms with van der Waals surface area (Å²) < 4.78 is 26.7. The average Bonchev–Trinajstić information content (AvgIpc) is 3.20. The van der Waals surface area contributed by atoms with E-state index in [2.05, 4.69) is 6.58 Å². The van der Waals surface area contributed by atoms with Crippen molar-refractivity contribution in [3.63, 3.8) is 0 Å². The molecule has 1 fully saturated rings. The number of hydrogen-bond acceptors (Lipinski definition) is 4. The summed E-state index contributed by atoms with van der Waals surface area (Å²) in [6, 6.07) is 21.2. The second-order valence-electron chi connectivity index (χ2n) is 9.67. The number of anilines is 2. The summed E-state index contributed by atoms with van der Waals surface area (Å²) >= 11 is 0. The maximum absolute atomic E-state index is 14.5. The van der Waals surface area contributed by atoms with Gasteiger partial charge in [-0.1, -0.05) is 62.2 Å². The molecule has 184 valence electrons. The SMILES string of the molecule is C=C(C1COc2ccccc2O1)N(c1cccc(F)c1)C1C(=O)N(C2CCCCC2)c2ccccc21. The molecule has 3 aromatic rings. The first kappa shape index (κ1) is 22.7. The predicted molar refractivity (Wildman–Crippen MR) is 138 cm³/mol. The van der Waals surface area contributed by atoms with Crippen LogP contribution in [0.1, 0.15) is 43.7 Å². The Balaban J connectivity index is 1.42. The van der Waals surface area contributed by atoms with Gasteiger partial charge in [0.05, 0.1) is 5.70 Å². The van der Waals surface area contributed by atoms with E-state index in [0.29, 0.717) is 22.9 Å². The zero-order valence-corrected chi connectivity index (χ0v) is 20.1. The van der Waals surface area contributed by atoms with Crippen LogP contribution >= 0.6 is 0 Å². The fraction of sp³-hybridized carbons (Fsp3) is 0.300. The molecular weight excluding hydrogens is 455 g/mol. The molecule has 3 aliphatic rings. The first-order chi connectivity index (χ1) is 17.6. The molecule has 1 aliphatic carbocycles. The van der Waals surface area contributed by atoms with Gasteiger partial charge in [0.25, 0.3) is 5.91 Å². The molecule has 2 unspecified atom stereocenters. The van der Waals surface area contributed by atoms with E-state index in [-0.39, 0.29) is 24.4 Å². The molecular formula is C30H29FN2O3. The van der Waals surface area contributed by atoms with Crippen molar-refractivity contribution in [3.05, 3.63) is 96.5 Å². The first-order valence-electron chi connectivity index (χ1n) is 12.7. The Bertz CT molecular complexity index is 1300. The number of benzene rings is 3. The Morgan fingerprint density at radius 2 is 1.69 bits per heavy atom. The van der Waals surface area contributed by atoms with Crippen molar-refractivity contribution in [3.8, 4) is 11.5 Å². The molecule has 0 aromatic heterocycles. The third kappa shape index (κ3) is 3.91. The Kier molecular flexibility index (Phi) is 5.88. The predicted octanol–water partition coefficient (Wildman–Crippen LogP) is 6.41. The zero-order valence-electron chi connectivity index (χ0n) is 20.1. The maximum atomic E-state index is 14.5. The van der Waals surface area contributed by atoms with E-state index in [9.17, 15) is 9.18 Å².